The van der Waals surface area contributed by atoms with Gasteiger partial charge in [-0.3, -0.25) is 4.79 Å². The van der Waals surface area contributed by atoms with E-state index in [1.165, 1.54) is 14.2 Å². The lowest BCUT2D eigenvalue weighted by atomic mass is 10.3. The topological polar surface area (TPSA) is 52.3 Å². The molecule has 1 heterocycles. The van der Waals surface area contributed by atoms with E-state index in [0.29, 0.717) is 17.9 Å². The van der Waals surface area contributed by atoms with Crippen molar-refractivity contribution in [3.05, 3.63) is 11.8 Å². The van der Waals surface area contributed by atoms with E-state index in [1.54, 1.807) is 17.8 Å². The predicted molar refractivity (Wildman–Crippen MR) is 43.9 cm³/mol. The van der Waals surface area contributed by atoms with Crippen molar-refractivity contribution in [3.8, 4) is 11.9 Å². The molecule has 1 rings (SSSR count). The van der Waals surface area contributed by atoms with Crippen molar-refractivity contribution >= 4 is 6.29 Å². The predicted octanol–water partition coefficient (Wildman–Crippen LogP) is -0.264. The molecule has 1 aromatic heterocycles. The van der Waals surface area contributed by atoms with Gasteiger partial charge in [-0.05, 0) is 0 Å². The summed E-state index contributed by atoms with van der Waals surface area (Å²) in [6.45, 7) is 0. The number of methoxy groups -OCH3 is 2. The summed E-state index contributed by atoms with van der Waals surface area (Å²) in [5.74, 6) is 0.268. The Morgan fingerprint density at radius 3 is 2.62 bits per heavy atom. The average molecular weight is 183 g/mol. The zero-order chi connectivity index (χ0) is 9.84. The van der Waals surface area contributed by atoms with Gasteiger partial charge in [-0.2, -0.15) is 4.57 Å². The molecule has 5 heteroatoms. The molecule has 0 aliphatic rings. The van der Waals surface area contributed by atoms with Crippen LogP contribution in [0.1, 0.15) is 10.4 Å². The first-order chi connectivity index (χ1) is 6.22. The first-order valence-corrected chi connectivity index (χ1v) is 3.66. The summed E-state index contributed by atoms with van der Waals surface area (Å²) in [5.41, 5.74) is 0.394. The Kier molecular flexibility index (Phi) is 2.79. The summed E-state index contributed by atoms with van der Waals surface area (Å²) < 4.78 is 11.4. The minimum atomic E-state index is 0.268. The standard InChI is InChI=1S/C8H11N2O3/c1-10-4-6(5-11)7(12-2)9-8(10)13-3/h4-5H,1-3H3/q+1. The van der Waals surface area contributed by atoms with E-state index in [1.807, 2.05) is 0 Å². The van der Waals surface area contributed by atoms with Crippen LogP contribution in [0.25, 0.3) is 0 Å². The molecule has 0 aliphatic carbocycles. The van der Waals surface area contributed by atoms with Crippen LogP contribution in [-0.4, -0.2) is 25.5 Å². The van der Waals surface area contributed by atoms with Gasteiger partial charge in [0.05, 0.1) is 21.3 Å². The van der Waals surface area contributed by atoms with Crippen LogP contribution in [0.3, 0.4) is 0 Å². The van der Waals surface area contributed by atoms with Crippen LogP contribution in [0, 0.1) is 0 Å². The van der Waals surface area contributed by atoms with Crippen LogP contribution in [0.2, 0.25) is 0 Å². The van der Waals surface area contributed by atoms with Gasteiger partial charge in [0.1, 0.15) is 11.8 Å². The molecule has 0 unspecified atom stereocenters. The fraction of sp³-hybridized carbons (Fsp3) is 0.375. The first-order valence-electron chi connectivity index (χ1n) is 3.66. The quantitative estimate of drug-likeness (QED) is 0.478. The molecule has 0 radical (unpaired) electrons. The summed E-state index contributed by atoms with van der Waals surface area (Å²) >= 11 is 0. The lowest BCUT2D eigenvalue weighted by molar-refractivity contribution is -0.680. The van der Waals surface area contributed by atoms with Crippen molar-refractivity contribution in [1.29, 1.82) is 0 Å². The highest BCUT2D eigenvalue weighted by molar-refractivity contribution is 5.77. The number of aryl methyl sites for hydroxylation is 1. The number of carbonyl (C=O) groups excluding carboxylic acids is 1. The van der Waals surface area contributed by atoms with Crippen molar-refractivity contribution in [2.24, 2.45) is 7.05 Å². The SMILES string of the molecule is COc1nc(OC)[n+](C)cc1C=O. The van der Waals surface area contributed by atoms with Gasteiger partial charge in [0.2, 0.25) is 0 Å². The minimum Gasteiger partial charge on any atom is -0.462 e. The third kappa shape index (κ3) is 1.74. The highest BCUT2D eigenvalue weighted by Gasteiger charge is 2.18. The fourth-order valence-electron chi connectivity index (χ4n) is 0.983. The van der Waals surface area contributed by atoms with Gasteiger partial charge in [-0.15, -0.1) is 0 Å². The molecule has 70 valence electrons. The molecule has 5 nitrogen and oxygen atoms in total. The number of ether oxygens (including phenoxy) is 2. The van der Waals surface area contributed by atoms with Gasteiger partial charge in [-0.1, -0.05) is 0 Å². The smallest absolute Gasteiger partial charge is 0.462 e. The number of aromatic nitrogens is 2. The van der Waals surface area contributed by atoms with Gasteiger partial charge in [0.15, 0.2) is 6.29 Å². The Labute approximate surface area is 75.9 Å². The Morgan fingerprint density at radius 1 is 1.46 bits per heavy atom. The first kappa shape index (κ1) is 9.44. The van der Waals surface area contributed by atoms with E-state index in [2.05, 4.69) is 4.98 Å². The largest absolute Gasteiger partial charge is 0.501 e. The summed E-state index contributed by atoms with van der Waals surface area (Å²) in [7, 11) is 4.69. The molecule has 0 saturated heterocycles. The second-order valence-electron chi connectivity index (χ2n) is 2.42. The Hall–Kier alpha value is -1.65. The van der Waals surface area contributed by atoms with Gasteiger partial charge in [-0.25, -0.2) is 0 Å². The normalized spacial score (nSPS) is 9.46. The molecule has 0 saturated carbocycles. The molecule has 0 amide bonds. The molecule has 0 fully saturated rings. The van der Waals surface area contributed by atoms with Crippen LogP contribution in [0.5, 0.6) is 11.9 Å². The number of nitrogens with zero attached hydrogens (tertiary/aromatic N) is 2. The number of rotatable bonds is 3. The number of hydrogen-bond acceptors (Lipinski definition) is 4. The van der Waals surface area contributed by atoms with Gasteiger partial charge < -0.3 is 9.47 Å². The lowest BCUT2D eigenvalue weighted by Crippen LogP contribution is -2.32. The molecule has 0 spiro atoms. The van der Waals surface area contributed by atoms with Crippen molar-refractivity contribution < 1.29 is 18.8 Å². The Bertz CT molecular complexity index is 325. The maximum Gasteiger partial charge on any atom is 0.501 e. The summed E-state index contributed by atoms with van der Waals surface area (Å²) in [5, 5.41) is 0. The van der Waals surface area contributed by atoms with Crippen LogP contribution in [0.4, 0.5) is 0 Å². The Balaban J connectivity index is 3.26. The van der Waals surface area contributed by atoms with Crippen molar-refractivity contribution in [2.45, 2.75) is 0 Å². The molecule has 13 heavy (non-hydrogen) atoms. The summed E-state index contributed by atoms with van der Waals surface area (Å²) in [6.07, 6.45) is 2.28. The maximum atomic E-state index is 10.6. The van der Waals surface area contributed by atoms with E-state index >= 15 is 0 Å². The summed E-state index contributed by atoms with van der Waals surface area (Å²) in [4.78, 5) is 14.5. The zero-order valence-corrected chi connectivity index (χ0v) is 7.77. The number of hydrogen-bond donors (Lipinski definition) is 0. The lowest BCUT2D eigenvalue weighted by Gasteiger charge is -1.99. The Morgan fingerprint density at radius 2 is 2.15 bits per heavy atom. The maximum absolute atomic E-state index is 10.6. The molecular formula is C8H11N2O3+. The second kappa shape index (κ2) is 3.84. The zero-order valence-electron chi connectivity index (χ0n) is 7.77. The van der Waals surface area contributed by atoms with Gasteiger partial charge >= 0.3 is 11.9 Å². The van der Waals surface area contributed by atoms with E-state index in [-0.39, 0.29) is 5.88 Å². The van der Waals surface area contributed by atoms with Gasteiger partial charge in [0.25, 0.3) is 0 Å². The third-order valence-electron chi connectivity index (χ3n) is 1.58. The molecule has 0 aliphatic heterocycles. The minimum absolute atomic E-state index is 0.268. The third-order valence-corrected chi connectivity index (χ3v) is 1.58. The number of carbonyl (C=O) groups is 1. The second-order valence-corrected chi connectivity index (χ2v) is 2.42. The number of aldehydes is 1. The van der Waals surface area contributed by atoms with Crippen LogP contribution in [0.15, 0.2) is 6.20 Å². The molecule has 0 bridgehead atoms. The monoisotopic (exact) mass is 183 g/mol. The van der Waals surface area contributed by atoms with E-state index in [9.17, 15) is 4.79 Å². The molecule has 1 aromatic rings. The average Bonchev–Trinajstić information content (AvgIpc) is 2.17. The van der Waals surface area contributed by atoms with Crippen LogP contribution >= 0.6 is 0 Å². The van der Waals surface area contributed by atoms with Crippen molar-refractivity contribution in [2.75, 3.05) is 14.2 Å². The molecule has 0 aromatic carbocycles. The molecule has 0 atom stereocenters. The van der Waals surface area contributed by atoms with Gasteiger partial charge in [0, 0.05) is 4.98 Å². The molecule has 0 N–H and O–H groups in total. The van der Waals surface area contributed by atoms with E-state index < -0.39 is 0 Å². The molecular weight excluding hydrogens is 172 g/mol. The van der Waals surface area contributed by atoms with Crippen LogP contribution in [-0.2, 0) is 7.05 Å². The van der Waals surface area contributed by atoms with E-state index in [0.717, 1.165) is 0 Å². The van der Waals surface area contributed by atoms with Crippen LogP contribution < -0.4 is 14.0 Å². The fourth-order valence-corrected chi connectivity index (χ4v) is 0.983. The highest BCUT2D eigenvalue weighted by Crippen LogP contribution is 2.12. The van der Waals surface area contributed by atoms with Crippen molar-refractivity contribution in [1.82, 2.24) is 4.98 Å². The van der Waals surface area contributed by atoms with Crippen molar-refractivity contribution in [3.63, 3.8) is 0 Å². The summed E-state index contributed by atoms with van der Waals surface area (Å²) in [6, 6.07) is 0.391. The van der Waals surface area contributed by atoms with E-state index in [4.69, 9.17) is 9.47 Å². The highest BCUT2D eigenvalue weighted by atomic mass is 16.5.